The average Bonchev–Trinajstić information content (AvgIpc) is 0.444. The Morgan fingerprint density at radius 2 is 0.625 bits per heavy atom. The van der Waals surface area contributed by atoms with Crippen molar-refractivity contribution in [3.05, 3.63) is 404 Å². The summed E-state index contributed by atoms with van der Waals surface area (Å²) >= 11 is -0.0703. The van der Waals surface area contributed by atoms with Crippen molar-refractivity contribution in [1.82, 2.24) is 0 Å². The average molecular weight is 2130 g/mol. The molecule has 13 rings (SSSR count). The van der Waals surface area contributed by atoms with Crippen LogP contribution in [0.25, 0.3) is 0 Å². The molecule has 3 unspecified atom stereocenters. The zero-order valence-electron chi connectivity index (χ0n) is 81.3. The Bertz CT molecular complexity index is 6030. The van der Waals surface area contributed by atoms with Crippen LogP contribution in [0.4, 0.5) is 44.7 Å². The molecule has 13 aromatic carbocycles. The molecule has 0 aromatic heterocycles. The van der Waals surface area contributed by atoms with E-state index in [1.54, 1.807) is 74.4 Å². The number of hydrogen-bond acceptors (Lipinski definition) is 20. The fourth-order valence-corrected chi connectivity index (χ4v) is 18.8. The number of aromatic hydroxyl groups is 1. The molecule has 13 aromatic rings. The maximum absolute atomic E-state index is 14.2. The lowest BCUT2D eigenvalue weighted by Gasteiger charge is -2.28. The zero-order valence-corrected chi connectivity index (χ0v) is 85.1. The van der Waals surface area contributed by atoms with Crippen molar-refractivity contribution < 1.29 is 153 Å². The van der Waals surface area contributed by atoms with Crippen LogP contribution in [0.15, 0.2) is 381 Å². The number of carbonyl (C=O) groups excluding carboxylic acids is 8. The summed E-state index contributed by atoms with van der Waals surface area (Å²) in [6.07, 6.45) is -11.7. The monoisotopic (exact) mass is 2130 g/mol. The number of phenolic OH excluding ortho intramolecular Hbond substituents is 1. The number of carbonyl (C=O) groups is 8. The fourth-order valence-electron chi connectivity index (χ4n) is 12.5. The third kappa shape index (κ3) is 37.2. The van der Waals surface area contributed by atoms with Gasteiger partial charge in [0.2, 0.25) is 0 Å². The van der Waals surface area contributed by atoms with Crippen molar-refractivity contribution in [3.8, 4) is 23.0 Å². The number of halogens is 9. The van der Waals surface area contributed by atoms with Gasteiger partial charge in [0.25, 0.3) is 0 Å². The predicted octanol–water partition coefficient (Wildman–Crippen LogP) is 20.3. The highest BCUT2D eigenvalue weighted by Crippen LogP contribution is 2.40. The van der Waals surface area contributed by atoms with E-state index in [9.17, 15) is 93.9 Å². The van der Waals surface area contributed by atoms with Crippen LogP contribution in [0, 0.1) is 18.9 Å². The molecule has 756 valence electrons. The summed E-state index contributed by atoms with van der Waals surface area (Å²) in [4.78, 5) is 100. The van der Waals surface area contributed by atoms with E-state index in [1.165, 1.54) is 188 Å². The van der Waals surface area contributed by atoms with E-state index in [2.05, 4.69) is 163 Å². The number of ether oxygens (including phenoxy) is 8. The molecule has 0 heterocycles. The zero-order chi connectivity index (χ0) is 106. The molecular formula is C113H109F8IO20S2. The first-order chi connectivity index (χ1) is 67.6. The van der Waals surface area contributed by atoms with Gasteiger partial charge in [0.1, 0.15) is 70.1 Å². The highest BCUT2D eigenvalue weighted by molar-refractivity contribution is 7.97. The highest BCUT2D eigenvalue weighted by Gasteiger charge is 2.48. The first kappa shape index (κ1) is 115. The minimum Gasteiger partial charge on any atom is -0.549 e. The molecule has 0 aliphatic carbocycles. The van der Waals surface area contributed by atoms with Crippen LogP contribution in [0.1, 0.15) is 169 Å². The van der Waals surface area contributed by atoms with E-state index >= 15 is 0 Å². The molecule has 0 aliphatic heterocycles. The number of esters is 3. The van der Waals surface area contributed by atoms with Gasteiger partial charge in [0, 0.05) is 0 Å². The first-order valence-electron chi connectivity index (χ1n) is 44.6. The van der Waals surface area contributed by atoms with Crippen molar-refractivity contribution in [2.45, 2.75) is 191 Å². The minimum atomic E-state index is -4.97. The van der Waals surface area contributed by atoms with Crippen molar-refractivity contribution in [1.29, 1.82) is 0 Å². The molecule has 0 bridgehead atoms. The largest absolute Gasteiger partial charge is 0.549 e. The molecule has 31 heteroatoms. The van der Waals surface area contributed by atoms with E-state index < -0.39 is 108 Å². The topological polar surface area (TPSA) is 300 Å². The van der Waals surface area contributed by atoms with Gasteiger partial charge < -0.3 is 72.7 Å². The van der Waals surface area contributed by atoms with Crippen LogP contribution in [0.3, 0.4) is 0 Å². The Balaban J connectivity index is 0.000000212. The van der Waals surface area contributed by atoms with Crippen molar-refractivity contribution in [2.24, 2.45) is 5.92 Å². The molecule has 0 amide bonds. The minimum absolute atomic E-state index is 0.0259. The Kier molecular flexibility index (Phi) is 41.6. The van der Waals surface area contributed by atoms with Crippen LogP contribution in [0.2, 0.25) is 0 Å². The predicted molar refractivity (Wildman–Crippen MR) is 520 cm³/mol. The van der Waals surface area contributed by atoms with Crippen LogP contribution in [-0.2, 0) is 70.7 Å². The lowest BCUT2D eigenvalue weighted by molar-refractivity contribution is -0.597. The van der Waals surface area contributed by atoms with Gasteiger partial charge in [-0.1, -0.05) is 211 Å². The van der Waals surface area contributed by atoms with Gasteiger partial charge in [-0.25, -0.2) is 28.4 Å². The van der Waals surface area contributed by atoms with Crippen LogP contribution in [0.5, 0.6) is 23.0 Å². The van der Waals surface area contributed by atoms with Crippen LogP contribution >= 0.6 is 0 Å². The van der Waals surface area contributed by atoms with E-state index in [1.807, 2.05) is 72.8 Å². The van der Waals surface area contributed by atoms with Crippen LogP contribution < -0.4 is 50.7 Å². The lowest BCUT2D eigenvalue weighted by Crippen LogP contribution is -3.61. The number of phenols is 1. The Labute approximate surface area is 847 Å². The fraction of sp³-hybridized carbons (Fsp3) is 0.239. The third-order valence-corrected chi connectivity index (χ3v) is 26.6. The number of carboxylic acid groups (broad SMARTS) is 3. The van der Waals surface area contributed by atoms with Crippen molar-refractivity contribution >= 4 is 69.9 Å². The molecule has 0 fully saturated rings. The standard InChI is InChI=1S/C21H20F2O7.C21H20F2O6.C20H26I.C18H14FS.C18H14OS.C15H17F3O6/c1-20(2,3)30-19(27)28-15-11-9-14(10-12-15)17(24)29-16(21(22,23)18(25)26)13-7-5-4-6-8-13;1-20(2,3)29-18(25)15-12-8-7-11-14(15)17(24)28-16(21(22,23)19(26)27)13-9-5-4-6-10-13;1-19(2,3)15-7-11-17(12-8-15)21-18-13-9-16(10-14-18)20(4,5)6;2*19-15-11-13-18(14-12-15)20(16-7-3-1-4-8-16)17-9-5-2-6-10-17;1-14(2,3)24-13(21)23-10-6-4-9(5-7-10)22-8-11(12(19)20)15(16,17)18/h4-12,16H,1-3H3,(H,25,26);4-12,16H,1-3H3,(H,26,27);7-14H,1-6H3;2*1-14H;4-7,11H,8H2,1-3H3,(H,19,20)/q;;2*+1;;/p-2. The molecule has 0 spiro atoms. The molecule has 144 heavy (non-hydrogen) atoms. The molecular weight excluding hydrogens is 2020 g/mol. The summed E-state index contributed by atoms with van der Waals surface area (Å²) in [7, 11) is -0.324. The number of hydrogen-bond donors (Lipinski definition) is 1. The second kappa shape index (κ2) is 52.1. The van der Waals surface area contributed by atoms with E-state index in [4.69, 9.17) is 37.9 Å². The van der Waals surface area contributed by atoms with Gasteiger partial charge in [-0.3, -0.25) is 0 Å². The van der Waals surface area contributed by atoms with Gasteiger partial charge in [0.05, 0.1) is 44.4 Å². The Morgan fingerprint density at radius 1 is 0.333 bits per heavy atom. The number of alkyl halides is 7. The maximum Gasteiger partial charge on any atom is 0.514 e. The first-order valence-corrected chi connectivity index (χ1v) is 49.2. The number of aliphatic carboxylic acids is 3. The molecule has 0 aliphatic rings. The Hall–Kier alpha value is -14.3. The molecule has 0 radical (unpaired) electrons. The van der Waals surface area contributed by atoms with E-state index in [-0.39, 0.29) is 105 Å². The van der Waals surface area contributed by atoms with E-state index in [0.29, 0.717) is 5.75 Å². The van der Waals surface area contributed by atoms with Gasteiger partial charge in [-0.15, -0.1) is 0 Å². The highest BCUT2D eigenvalue weighted by atomic mass is 127. The van der Waals surface area contributed by atoms with E-state index in [0.717, 1.165) is 4.90 Å². The summed E-state index contributed by atoms with van der Waals surface area (Å²) in [5.41, 5.74) is -0.213. The number of benzene rings is 13. The summed E-state index contributed by atoms with van der Waals surface area (Å²) in [6, 6.07) is 103. The van der Waals surface area contributed by atoms with Gasteiger partial charge in [0.15, 0.2) is 48.7 Å². The van der Waals surface area contributed by atoms with Gasteiger partial charge in [-0.05, 0) is 277 Å². The smallest absolute Gasteiger partial charge is 0.514 e. The second-order valence-electron chi connectivity index (χ2n) is 36.5. The Morgan fingerprint density at radius 3 is 0.938 bits per heavy atom. The second-order valence-corrected chi connectivity index (χ2v) is 43.6. The molecule has 1 N–H and O–H groups in total. The summed E-state index contributed by atoms with van der Waals surface area (Å²) < 4.78 is 149. The molecule has 0 saturated heterocycles. The van der Waals surface area contributed by atoms with Gasteiger partial charge >= 0.3 is 69.4 Å². The summed E-state index contributed by atoms with van der Waals surface area (Å²) in [5.74, 6) is -22.5. The molecule has 20 nitrogen and oxygen atoms in total. The summed E-state index contributed by atoms with van der Waals surface area (Å²) in [5, 5.41) is 41.8. The summed E-state index contributed by atoms with van der Waals surface area (Å²) in [6.45, 7) is 27.3. The third-order valence-electron chi connectivity index (χ3n) is 19.5. The quantitative estimate of drug-likeness (QED) is 0.0139. The maximum atomic E-state index is 14.2. The number of rotatable bonds is 25. The molecule has 3 atom stereocenters. The van der Waals surface area contributed by atoms with Crippen molar-refractivity contribution in [3.63, 3.8) is 0 Å². The molecule has 0 saturated carbocycles. The van der Waals surface area contributed by atoms with Gasteiger partial charge in [-0.2, -0.15) is 30.7 Å². The van der Waals surface area contributed by atoms with Crippen molar-refractivity contribution in [2.75, 3.05) is 6.61 Å². The lowest BCUT2D eigenvalue weighted by atomic mass is 9.87. The number of carboxylic acids is 3. The SMILES string of the molecule is CC(C)(C)OC(=O)Oc1ccc(C(=O)OC(c2ccccc2)C(F)(F)C(=O)[O-])cc1.CC(C)(C)OC(=O)Oc1ccc(OCC(C(=O)[O-])C(F)(F)F)cc1.CC(C)(C)OC(=O)c1ccccc1C(=O)OC(c1ccccc1)C(F)(F)C(=O)[O-].CC(C)(C)c1ccc([I+]c2ccc(C(C)(C)C)cc2)cc1.Fc1ccc([S+](c2ccccc2)c2ccccc2)cc1.Oc1ccc([S+](c2ccccc2)c2ccccc2)cc1. The normalized spacial score (nSPS) is 12.1. The van der Waals surface area contributed by atoms with Crippen LogP contribution in [-0.4, -0.2) is 94.7 Å².